The molecule has 168 valence electrons. The number of hydrogen-bond donors (Lipinski definition) is 1. The molecule has 33 heavy (non-hydrogen) atoms. The Labute approximate surface area is 188 Å². The van der Waals surface area contributed by atoms with E-state index in [-0.39, 0.29) is 17.6 Å². The van der Waals surface area contributed by atoms with Crippen LogP contribution in [0.1, 0.15) is 24.4 Å². The Hall–Kier alpha value is -4.04. The third kappa shape index (κ3) is 3.74. The van der Waals surface area contributed by atoms with E-state index < -0.39 is 0 Å². The molecule has 4 aromatic rings. The van der Waals surface area contributed by atoms with Crippen molar-refractivity contribution in [2.24, 2.45) is 0 Å². The number of likely N-dealkylation sites (tertiary alicyclic amines) is 1. The van der Waals surface area contributed by atoms with Gasteiger partial charge in [0.25, 0.3) is 0 Å². The largest absolute Gasteiger partial charge is 0.340 e. The lowest BCUT2D eigenvalue weighted by Crippen LogP contribution is -2.45. The molecule has 1 unspecified atom stereocenters. The minimum Gasteiger partial charge on any atom is -0.340 e. The number of aromatic amines is 1. The lowest BCUT2D eigenvalue weighted by atomic mass is 10.1. The highest BCUT2D eigenvalue weighted by atomic mass is 16.2. The first-order valence-electron chi connectivity index (χ1n) is 10.7. The molecule has 5 rings (SSSR count). The molecule has 5 heterocycles. The first-order valence-corrected chi connectivity index (χ1v) is 10.7. The molecule has 0 saturated carbocycles. The van der Waals surface area contributed by atoms with Crippen molar-refractivity contribution in [3.8, 4) is 17.5 Å². The van der Waals surface area contributed by atoms with Gasteiger partial charge in [-0.25, -0.2) is 19.3 Å². The number of pyridine rings is 1. The zero-order valence-corrected chi connectivity index (χ0v) is 18.4. The van der Waals surface area contributed by atoms with Crippen LogP contribution in [-0.2, 0) is 4.79 Å². The lowest BCUT2D eigenvalue weighted by Gasteiger charge is -2.33. The van der Waals surface area contributed by atoms with E-state index in [1.165, 1.54) is 0 Å². The number of H-pyrrole nitrogens is 1. The second-order valence-electron chi connectivity index (χ2n) is 8.52. The summed E-state index contributed by atoms with van der Waals surface area (Å²) in [6.45, 7) is 1.48. The number of rotatable bonds is 4. The summed E-state index contributed by atoms with van der Waals surface area (Å²) in [6, 6.07) is 5.37. The van der Waals surface area contributed by atoms with E-state index >= 15 is 0 Å². The number of imidazole rings is 1. The molecule has 11 nitrogen and oxygen atoms in total. The van der Waals surface area contributed by atoms with Crippen molar-refractivity contribution in [1.29, 1.82) is 5.26 Å². The van der Waals surface area contributed by atoms with Gasteiger partial charge in [0.15, 0.2) is 11.5 Å². The van der Waals surface area contributed by atoms with Crippen molar-refractivity contribution < 1.29 is 4.79 Å². The number of likely N-dealkylation sites (N-methyl/N-ethyl adjacent to an activating group) is 1. The molecule has 0 bridgehead atoms. The molecule has 0 spiro atoms. The summed E-state index contributed by atoms with van der Waals surface area (Å²) in [5.74, 6) is 0.462. The summed E-state index contributed by atoms with van der Waals surface area (Å²) in [5, 5.41) is 13.6. The minimum atomic E-state index is -0.269. The van der Waals surface area contributed by atoms with Crippen LogP contribution in [0.5, 0.6) is 0 Å². The van der Waals surface area contributed by atoms with Crippen molar-refractivity contribution in [3.63, 3.8) is 0 Å². The molecule has 1 amide bonds. The maximum absolute atomic E-state index is 12.9. The monoisotopic (exact) mass is 445 g/mol. The average molecular weight is 445 g/mol. The fraction of sp³-hybridized carbons (Fsp3) is 0.364. The van der Waals surface area contributed by atoms with Crippen LogP contribution >= 0.6 is 0 Å². The molecule has 11 heteroatoms. The summed E-state index contributed by atoms with van der Waals surface area (Å²) in [7, 11) is 3.73. The number of carbonyl (C=O) groups is 1. The van der Waals surface area contributed by atoms with Crippen LogP contribution in [0.4, 0.5) is 0 Å². The summed E-state index contributed by atoms with van der Waals surface area (Å²) in [5.41, 5.74) is 2.64. The molecule has 0 aliphatic carbocycles. The number of carbonyl (C=O) groups excluding carboxylic acids is 1. The standard InChI is InChI=1S/C22H23N9O2/c1-28(2)13-19(32)29-6-3-4-15(12-29)31-21-17(26-22(31)33)11-24-20(27-21)16-10-25-30-7-5-14(9-23)8-18(16)30/h5,7-8,10-11,15H,3-4,6,12-13H2,1-2H3,(H,26,33). The van der Waals surface area contributed by atoms with Gasteiger partial charge in [-0.1, -0.05) is 0 Å². The topological polar surface area (TPSA) is 128 Å². The normalized spacial score (nSPS) is 16.5. The highest BCUT2D eigenvalue weighted by Crippen LogP contribution is 2.26. The maximum Gasteiger partial charge on any atom is 0.328 e. The molecule has 1 saturated heterocycles. The number of aromatic nitrogens is 6. The van der Waals surface area contributed by atoms with Crippen LogP contribution in [0, 0.1) is 11.3 Å². The number of amides is 1. The summed E-state index contributed by atoms with van der Waals surface area (Å²) >= 11 is 0. The highest BCUT2D eigenvalue weighted by Gasteiger charge is 2.28. The quantitative estimate of drug-likeness (QED) is 0.497. The molecule has 1 aliphatic heterocycles. The Bertz CT molecular complexity index is 1460. The molecule has 1 atom stereocenters. The first-order chi connectivity index (χ1) is 15.9. The molecule has 4 aromatic heterocycles. The molecular formula is C22H23N9O2. The van der Waals surface area contributed by atoms with Gasteiger partial charge in [0.2, 0.25) is 5.91 Å². The van der Waals surface area contributed by atoms with E-state index in [1.54, 1.807) is 39.8 Å². The van der Waals surface area contributed by atoms with E-state index in [0.717, 1.165) is 12.8 Å². The number of nitrogens with zero attached hydrogens (tertiary/aromatic N) is 8. The molecule has 1 aliphatic rings. The van der Waals surface area contributed by atoms with E-state index in [1.807, 2.05) is 23.9 Å². The van der Waals surface area contributed by atoms with Gasteiger partial charge in [-0.3, -0.25) is 9.36 Å². The summed E-state index contributed by atoms with van der Waals surface area (Å²) in [6.07, 6.45) is 6.54. The Balaban J connectivity index is 1.55. The van der Waals surface area contributed by atoms with Crippen LogP contribution in [0.25, 0.3) is 28.1 Å². The Morgan fingerprint density at radius 3 is 3.00 bits per heavy atom. The second-order valence-corrected chi connectivity index (χ2v) is 8.52. The third-order valence-corrected chi connectivity index (χ3v) is 5.91. The smallest absolute Gasteiger partial charge is 0.328 e. The number of hydrogen-bond acceptors (Lipinski definition) is 7. The molecule has 0 radical (unpaired) electrons. The second kappa shape index (κ2) is 8.14. The van der Waals surface area contributed by atoms with Crippen LogP contribution < -0.4 is 5.69 Å². The fourth-order valence-corrected chi connectivity index (χ4v) is 4.37. The predicted molar refractivity (Wildman–Crippen MR) is 120 cm³/mol. The Morgan fingerprint density at radius 2 is 2.21 bits per heavy atom. The van der Waals surface area contributed by atoms with E-state index in [9.17, 15) is 14.9 Å². The van der Waals surface area contributed by atoms with Gasteiger partial charge >= 0.3 is 5.69 Å². The van der Waals surface area contributed by atoms with Crippen molar-refractivity contribution in [2.45, 2.75) is 18.9 Å². The summed E-state index contributed by atoms with van der Waals surface area (Å²) in [4.78, 5) is 41.1. The van der Waals surface area contributed by atoms with Gasteiger partial charge in [-0.15, -0.1) is 0 Å². The van der Waals surface area contributed by atoms with E-state index in [2.05, 4.69) is 21.1 Å². The van der Waals surface area contributed by atoms with Gasteiger partial charge < -0.3 is 14.8 Å². The van der Waals surface area contributed by atoms with Crippen LogP contribution in [-0.4, -0.2) is 78.6 Å². The van der Waals surface area contributed by atoms with Gasteiger partial charge in [0, 0.05) is 19.3 Å². The van der Waals surface area contributed by atoms with Crippen molar-refractivity contribution >= 4 is 22.6 Å². The van der Waals surface area contributed by atoms with Crippen LogP contribution in [0.3, 0.4) is 0 Å². The van der Waals surface area contributed by atoms with Gasteiger partial charge in [0.1, 0.15) is 5.52 Å². The predicted octanol–water partition coefficient (Wildman–Crippen LogP) is 1.03. The number of fused-ring (bicyclic) bond motifs is 2. The van der Waals surface area contributed by atoms with Crippen molar-refractivity contribution in [2.75, 3.05) is 33.7 Å². The Kier molecular flexibility index (Phi) is 5.14. The van der Waals surface area contributed by atoms with Crippen molar-refractivity contribution in [3.05, 3.63) is 46.8 Å². The van der Waals surface area contributed by atoms with Crippen molar-refractivity contribution in [1.82, 2.24) is 38.9 Å². The fourth-order valence-electron chi connectivity index (χ4n) is 4.37. The zero-order chi connectivity index (χ0) is 23.1. The summed E-state index contributed by atoms with van der Waals surface area (Å²) < 4.78 is 3.30. The Morgan fingerprint density at radius 1 is 1.36 bits per heavy atom. The van der Waals surface area contributed by atoms with E-state index in [0.29, 0.717) is 53.3 Å². The van der Waals surface area contributed by atoms with Crippen LogP contribution in [0.2, 0.25) is 0 Å². The average Bonchev–Trinajstić information content (AvgIpc) is 3.37. The zero-order valence-electron chi connectivity index (χ0n) is 18.4. The van der Waals surface area contributed by atoms with Gasteiger partial charge in [0.05, 0.1) is 47.7 Å². The van der Waals surface area contributed by atoms with Gasteiger partial charge in [-0.05, 0) is 39.1 Å². The SMILES string of the molecule is CN(C)CC(=O)N1CCCC(n2c(=O)[nH]c3cnc(-c4cnn5ccc(C#N)cc45)nc32)C1. The minimum absolute atomic E-state index is 0.0487. The maximum atomic E-state index is 12.9. The number of piperidine rings is 1. The molecular weight excluding hydrogens is 422 g/mol. The third-order valence-electron chi connectivity index (χ3n) is 5.91. The molecule has 1 fully saturated rings. The number of nitriles is 1. The highest BCUT2D eigenvalue weighted by molar-refractivity contribution is 5.80. The number of nitrogens with one attached hydrogen (secondary N) is 1. The molecule has 0 aromatic carbocycles. The first kappa shape index (κ1) is 20.8. The lowest BCUT2D eigenvalue weighted by molar-refractivity contribution is -0.133. The van der Waals surface area contributed by atoms with Crippen LogP contribution in [0.15, 0.2) is 35.5 Å². The molecule has 1 N–H and O–H groups in total. The van der Waals surface area contributed by atoms with Gasteiger partial charge in [-0.2, -0.15) is 10.4 Å². The van der Waals surface area contributed by atoms with E-state index in [4.69, 9.17) is 4.98 Å².